The molecule has 3 heterocycles. The van der Waals surface area contributed by atoms with E-state index in [9.17, 15) is 0 Å². The van der Waals surface area contributed by atoms with E-state index < -0.39 is 0 Å². The van der Waals surface area contributed by atoms with Gasteiger partial charge in [-0.1, -0.05) is 35.5 Å². The fourth-order valence-electron chi connectivity index (χ4n) is 2.62. The van der Waals surface area contributed by atoms with Crippen LogP contribution >= 0.6 is 0 Å². The van der Waals surface area contributed by atoms with Gasteiger partial charge in [-0.05, 0) is 13.0 Å². The lowest BCUT2D eigenvalue weighted by atomic mass is 10.2. The van der Waals surface area contributed by atoms with Crippen LogP contribution in [0, 0.1) is 6.92 Å². The van der Waals surface area contributed by atoms with Gasteiger partial charge in [-0.25, -0.2) is 9.97 Å². The number of rotatable bonds is 4. The number of nitrogens with one attached hydrogen (secondary N) is 1. The predicted octanol–water partition coefficient (Wildman–Crippen LogP) is 2.95. The summed E-state index contributed by atoms with van der Waals surface area (Å²) in [5.41, 5.74) is 2.71. The second-order valence-electron chi connectivity index (χ2n) is 5.57. The van der Waals surface area contributed by atoms with Crippen LogP contribution < -0.4 is 4.90 Å². The van der Waals surface area contributed by atoms with Gasteiger partial charge < -0.3 is 14.4 Å². The zero-order valence-corrected chi connectivity index (χ0v) is 13.4. The third kappa shape index (κ3) is 2.60. The average molecular weight is 320 g/mol. The van der Waals surface area contributed by atoms with Crippen LogP contribution in [0.4, 0.5) is 5.82 Å². The van der Waals surface area contributed by atoms with Crippen LogP contribution in [-0.2, 0) is 6.54 Å². The van der Waals surface area contributed by atoms with Crippen molar-refractivity contribution in [3.63, 3.8) is 0 Å². The molecule has 0 radical (unpaired) electrons. The molecule has 4 rings (SSSR count). The van der Waals surface area contributed by atoms with Gasteiger partial charge in [0, 0.05) is 18.8 Å². The summed E-state index contributed by atoms with van der Waals surface area (Å²) in [6.07, 6.45) is 1.86. The van der Waals surface area contributed by atoms with Gasteiger partial charge in [0.25, 0.3) is 0 Å². The van der Waals surface area contributed by atoms with Crippen LogP contribution in [0.2, 0.25) is 0 Å². The van der Waals surface area contributed by atoms with E-state index in [2.05, 4.69) is 25.1 Å². The van der Waals surface area contributed by atoms with Crippen molar-refractivity contribution in [3.05, 3.63) is 54.3 Å². The largest absolute Gasteiger partial charge is 0.357 e. The van der Waals surface area contributed by atoms with Crippen molar-refractivity contribution in [1.29, 1.82) is 0 Å². The lowest BCUT2D eigenvalue weighted by Crippen LogP contribution is -2.19. The van der Waals surface area contributed by atoms with Gasteiger partial charge in [0.05, 0.1) is 12.1 Å². The SMILES string of the molecule is Cc1nc(N(C)Cc2nc(-c3ccccc3)no2)c2[nH]ccc2n1. The molecule has 4 aromatic rings. The third-order valence-electron chi connectivity index (χ3n) is 3.73. The summed E-state index contributed by atoms with van der Waals surface area (Å²) in [6.45, 7) is 2.34. The van der Waals surface area contributed by atoms with Gasteiger partial charge in [0.15, 0.2) is 5.82 Å². The quantitative estimate of drug-likeness (QED) is 0.622. The minimum Gasteiger partial charge on any atom is -0.357 e. The normalized spacial score (nSPS) is 11.1. The minimum absolute atomic E-state index is 0.463. The topological polar surface area (TPSA) is 83.7 Å². The number of aromatic nitrogens is 5. The molecule has 0 spiro atoms. The number of fused-ring (bicyclic) bond motifs is 1. The molecule has 0 bridgehead atoms. The molecule has 1 aromatic carbocycles. The molecular formula is C17H16N6O. The van der Waals surface area contributed by atoms with Crippen molar-refractivity contribution in [1.82, 2.24) is 25.1 Å². The van der Waals surface area contributed by atoms with E-state index in [0.717, 1.165) is 28.2 Å². The Hall–Kier alpha value is -3.22. The molecule has 0 saturated heterocycles. The first-order chi connectivity index (χ1) is 11.7. The summed E-state index contributed by atoms with van der Waals surface area (Å²) in [6, 6.07) is 11.7. The van der Waals surface area contributed by atoms with Crippen LogP contribution in [0.15, 0.2) is 47.1 Å². The molecule has 0 aliphatic carbocycles. The highest BCUT2D eigenvalue weighted by Crippen LogP contribution is 2.23. The number of hydrogen-bond donors (Lipinski definition) is 1. The van der Waals surface area contributed by atoms with E-state index in [1.54, 1.807) is 0 Å². The Bertz CT molecular complexity index is 975. The van der Waals surface area contributed by atoms with Crippen molar-refractivity contribution in [2.45, 2.75) is 13.5 Å². The van der Waals surface area contributed by atoms with E-state index >= 15 is 0 Å². The second-order valence-corrected chi connectivity index (χ2v) is 5.57. The third-order valence-corrected chi connectivity index (χ3v) is 3.73. The first-order valence-electron chi connectivity index (χ1n) is 7.61. The number of hydrogen-bond acceptors (Lipinski definition) is 6. The van der Waals surface area contributed by atoms with Gasteiger partial charge in [-0.15, -0.1) is 0 Å². The van der Waals surface area contributed by atoms with Crippen molar-refractivity contribution in [3.8, 4) is 11.4 Å². The molecule has 120 valence electrons. The predicted molar refractivity (Wildman–Crippen MR) is 90.5 cm³/mol. The molecule has 7 nitrogen and oxygen atoms in total. The maximum absolute atomic E-state index is 5.38. The lowest BCUT2D eigenvalue weighted by molar-refractivity contribution is 0.378. The smallest absolute Gasteiger partial charge is 0.246 e. The molecule has 0 unspecified atom stereocenters. The molecule has 0 fully saturated rings. The highest BCUT2D eigenvalue weighted by molar-refractivity contribution is 5.86. The highest BCUT2D eigenvalue weighted by atomic mass is 16.5. The van der Waals surface area contributed by atoms with E-state index in [-0.39, 0.29) is 0 Å². The summed E-state index contributed by atoms with van der Waals surface area (Å²) in [7, 11) is 1.94. The van der Waals surface area contributed by atoms with Crippen LogP contribution in [-0.4, -0.2) is 32.1 Å². The molecule has 0 saturated carbocycles. The molecule has 1 N–H and O–H groups in total. The molecule has 24 heavy (non-hydrogen) atoms. The summed E-state index contributed by atoms with van der Waals surface area (Å²) in [5.74, 6) is 2.65. The monoisotopic (exact) mass is 320 g/mol. The maximum atomic E-state index is 5.38. The highest BCUT2D eigenvalue weighted by Gasteiger charge is 2.15. The maximum Gasteiger partial charge on any atom is 0.246 e. The molecule has 0 aliphatic heterocycles. The Morgan fingerprint density at radius 3 is 2.75 bits per heavy atom. The summed E-state index contributed by atoms with van der Waals surface area (Å²) < 4.78 is 5.38. The molecule has 0 aliphatic rings. The number of aryl methyl sites for hydroxylation is 1. The average Bonchev–Trinajstić information content (AvgIpc) is 3.24. The molecular weight excluding hydrogens is 304 g/mol. The summed E-state index contributed by atoms with van der Waals surface area (Å²) in [5, 5.41) is 4.05. The van der Waals surface area contributed by atoms with E-state index in [0.29, 0.717) is 18.3 Å². The number of anilines is 1. The fraction of sp³-hybridized carbons (Fsp3) is 0.176. The summed E-state index contributed by atoms with van der Waals surface area (Å²) >= 11 is 0. The number of H-pyrrole nitrogens is 1. The zero-order valence-electron chi connectivity index (χ0n) is 13.4. The Labute approximate surface area is 138 Å². The zero-order chi connectivity index (χ0) is 16.5. The Balaban J connectivity index is 1.61. The van der Waals surface area contributed by atoms with Crippen LogP contribution in [0.5, 0.6) is 0 Å². The van der Waals surface area contributed by atoms with E-state index in [1.807, 2.05) is 61.5 Å². The number of aromatic amines is 1. The van der Waals surface area contributed by atoms with Gasteiger partial charge in [-0.2, -0.15) is 4.98 Å². The first kappa shape index (κ1) is 14.4. The molecule has 0 amide bonds. The van der Waals surface area contributed by atoms with Crippen molar-refractivity contribution >= 4 is 16.9 Å². The van der Waals surface area contributed by atoms with Crippen LogP contribution in [0.3, 0.4) is 0 Å². The molecule has 0 atom stereocenters. The van der Waals surface area contributed by atoms with Gasteiger partial charge >= 0.3 is 0 Å². The second kappa shape index (κ2) is 5.77. The van der Waals surface area contributed by atoms with Crippen LogP contribution in [0.1, 0.15) is 11.7 Å². The van der Waals surface area contributed by atoms with Gasteiger partial charge in [-0.3, -0.25) is 0 Å². The van der Waals surface area contributed by atoms with E-state index in [4.69, 9.17) is 4.52 Å². The Kier molecular flexibility index (Phi) is 3.45. The number of benzene rings is 1. The van der Waals surface area contributed by atoms with Crippen molar-refractivity contribution in [2.24, 2.45) is 0 Å². The fourth-order valence-corrected chi connectivity index (χ4v) is 2.62. The standard InChI is InChI=1S/C17H16N6O/c1-11-19-13-8-9-18-15(13)17(20-11)23(2)10-14-21-16(22-24-14)12-6-4-3-5-7-12/h3-9,18H,10H2,1-2H3. The van der Waals surface area contributed by atoms with Gasteiger partial charge in [0.2, 0.25) is 11.7 Å². The van der Waals surface area contributed by atoms with Gasteiger partial charge in [0.1, 0.15) is 11.3 Å². The van der Waals surface area contributed by atoms with Crippen molar-refractivity contribution in [2.75, 3.05) is 11.9 Å². The first-order valence-corrected chi connectivity index (χ1v) is 7.61. The lowest BCUT2D eigenvalue weighted by Gasteiger charge is -2.16. The number of nitrogens with zero attached hydrogens (tertiary/aromatic N) is 5. The molecule has 3 aromatic heterocycles. The van der Waals surface area contributed by atoms with Crippen molar-refractivity contribution < 1.29 is 4.52 Å². The Morgan fingerprint density at radius 1 is 1.08 bits per heavy atom. The minimum atomic E-state index is 0.463. The molecule has 7 heteroatoms. The van der Waals surface area contributed by atoms with Crippen LogP contribution in [0.25, 0.3) is 22.4 Å². The Morgan fingerprint density at radius 2 is 1.92 bits per heavy atom. The van der Waals surface area contributed by atoms with E-state index in [1.165, 1.54) is 0 Å². The summed E-state index contributed by atoms with van der Waals surface area (Å²) in [4.78, 5) is 18.5.